The van der Waals surface area contributed by atoms with Crippen LogP contribution in [0.1, 0.15) is 0 Å². The molecular formula is C13H18ClFN2O2. The monoisotopic (exact) mass is 288 g/mol. The van der Waals surface area contributed by atoms with Crippen molar-refractivity contribution in [3.8, 4) is 0 Å². The predicted octanol–water partition coefficient (Wildman–Crippen LogP) is 1.48. The first-order valence-corrected chi connectivity index (χ1v) is 6.84. The summed E-state index contributed by atoms with van der Waals surface area (Å²) >= 11 is 5.66. The van der Waals surface area contributed by atoms with Crippen LogP contribution >= 0.6 is 11.6 Å². The van der Waals surface area contributed by atoms with Crippen LogP contribution in [0.5, 0.6) is 0 Å². The first-order chi connectivity index (χ1) is 9.20. The van der Waals surface area contributed by atoms with E-state index in [1.165, 1.54) is 12.1 Å². The van der Waals surface area contributed by atoms with Crippen LogP contribution in [-0.4, -0.2) is 54.9 Å². The van der Waals surface area contributed by atoms with E-state index in [2.05, 4.69) is 0 Å². The van der Waals surface area contributed by atoms with E-state index in [0.717, 1.165) is 0 Å². The summed E-state index contributed by atoms with van der Waals surface area (Å²) in [4.78, 5) is 0. The number of alkyl halides is 1. The number of nitrogens with zero attached hydrogens (tertiary/aromatic N) is 2. The summed E-state index contributed by atoms with van der Waals surface area (Å²) in [5.74, 6) is -0.146. The number of anilines is 1. The fourth-order valence-corrected chi connectivity index (χ4v) is 2.16. The Hall–Kier alpha value is -0.880. The molecule has 1 N–H and O–H groups in total. The van der Waals surface area contributed by atoms with Crippen LogP contribution < -0.4 is 5.01 Å². The van der Waals surface area contributed by atoms with Gasteiger partial charge < -0.3 is 14.9 Å². The molecular weight excluding hydrogens is 271 g/mol. The quantitative estimate of drug-likeness (QED) is 0.833. The third-order valence-electron chi connectivity index (χ3n) is 3.00. The zero-order valence-electron chi connectivity index (χ0n) is 10.6. The number of hydrazine groups is 1. The number of ether oxygens (including phenoxy) is 1. The topological polar surface area (TPSA) is 35.9 Å². The molecule has 1 aliphatic rings. The highest BCUT2D eigenvalue weighted by molar-refractivity contribution is 6.18. The minimum atomic E-state index is -0.659. The van der Waals surface area contributed by atoms with Crippen molar-refractivity contribution in [2.24, 2.45) is 0 Å². The van der Waals surface area contributed by atoms with Crippen LogP contribution in [0.3, 0.4) is 0 Å². The van der Waals surface area contributed by atoms with Crippen LogP contribution in [-0.2, 0) is 4.74 Å². The van der Waals surface area contributed by atoms with Gasteiger partial charge >= 0.3 is 0 Å². The lowest BCUT2D eigenvalue weighted by Crippen LogP contribution is -2.51. The smallest absolute Gasteiger partial charge is 0.125 e. The lowest BCUT2D eigenvalue weighted by Gasteiger charge is -2.39. The minimum Gasteiger partial charge on any atom is -0.390 e. The molecule has 0 saturated carbocycles. The molecule has 1 aromatic carbocycles. The summed E-state index contributed by atoms with van der Waals surface area (Å²) in [6.45, 7) is 3.02. The lowest BCUT2D eigenvalue weighted by molar-refractivity contribution is 0.0266. The van der Waals surface area contributed by atoms with Crippen molar-refractivity contribution in [3.05, 3.63) is 30.1 Å². The number of hydrogen-bond donors (Lipinski definition) is 1. The van der Waals surface area contributed by atoms with Crippen LogP contribution in [0.2, 0.25) is 0 Å². The van der Waals surface area contributed by atoms with E-state index in [9.17, 15) is 9.50 Å². The van der Waals surface area contributed by atoms with Crippen molar-refractivity contribution in [1.82, 2.24) is 5.01 Å². The molecule has 0 aromatic heterocycles. The summed E-state index contributed by atoms with van der Waals surface area (Å²) < 4.78 is 18.7. The van der Waals surface area contributed by atoms with Gasteiger partial charge in [0, 0.05) is 13.1 Å². The maximum atomic E-state index is 13.4. The largest absolute Gasteiger partial charge is 0.390 e. The van der Waals surface area contributed by atoms with Gasteiger partial charge in [-0.25, -0.2) is 9.40 Å². The lowest BCUT2D eigenvalue weighted by atomic mass is 10.2. The summed E-state index contributed by atoms with van der Waals surface area (Å²) in [5, 5.41) is 13.7. The van der Waals surface area contributed by atoms with Crippen molar-refractivity contribution < 1.29 is 14.2 Å². The van der Waals surface area contributed by atoms with Crippen molar-refractivity contribution in [1.29, 1.82) is 0 Å². The second-order valence-electron chi connectivity index (χ2n) is 4.44. The average Bonchev–Trinajstić information content (AvgIpc) is 2.45. The van der Waals surface area contributed by atoms with E-state index in [1.807, 2.05) is 16.1 Å². The molecule has 1 aromatic rings. The Labute approximate surface area is 117 Å². The minimum absolute atomic E-state index is 0.149. The van der Waals surface area contributed by atoms with Gasteiger partial charge in [-0.1, -0.05) is 6.07 Å². The number of aliphatic hydroxyl groups excluding tert-OH is 1. The summed E-state index contributed by atoms with van der Waals surface area (Å²) in [7, 11) is 0. The molecule has 0 spiro atoms. The van der Waals surface area contributed by atoms with Crippen LogP contribution in [0.15, 0.2) is 24.3 Å². The summed E-state index contributed by atoms with van der Waals surface area (Å²) in [5.41, 5.74) is 0.714. The number of halogens is 2. The fraction of sp³-hybridized carbons (Fsp3) is 0.538. The Kier molecular flexibility index (Phi) is 5.39. The molecule has 0 unspecified atom stereocenters. The number of rotatable bonds is 5. The average molecular weight is 289 g/mol. The number of aliphatic hydroxyl groups is 1. The van der Waals surface area contributed by atoms with Gasteiger partial charge in [0.25, 0.3) is 0 Å². The highest BCUT2D eigenvalue weighted by Crippen LogP contribution is 2.19. The normalized spacial score (nSPS) is 18.3. The molecule has 1 heterocycles. The molecule has 1 aliphatic heterocycles. The molecule has 19 heavy (non-hydrogen) atoms. The van der Waals surface area contributed by atoms with Gasteiger partial charge in [-0.15, -0.1) is 11.6 Å². The summed E-state index contributed by atoms with van der Waals surface area (Å²) in [6.07, 6.45) is -0.659. The predicted molar refractivity (Wildman–Crippen MR) is 72.9 cm³/mol. The third kappa shape index (κ3) is 4.04. The first kappa shape index (κ1) is 14.5. The molecule has 0 amide bonds. The molecule has 0 aliphatic carbocycles. The molecule has 106 valence electrons. The highest BCUT2D eigenvalue weighted by Gasteiger charge is 2.21. The van der Waals surface area contributed by atoms with Gasteiger partial charge in [0.05, 0.1) is 37.4 Å². The van der Waals surface area contributed by atoms with E-state index in [4.69, 9.17) is 16.3 Å². The van der Waals surface area contributed by atoms with Crippen molar-refractivity contribution in [2.45, 2.75) is 6.10 Å². The van der Waals surface area contributed by atoms with Gasteiger partial charge in [-0.3, -0.25) is 0 Å². The van der Waals surface area contributed by atoms with E-state index in [-0.39, 0.29) is 11.7 Å². The second kappa shape index (κ2) is 7.05. The van der Waals surface area contributed by atoms with Gasteiger partial charge in [-0.2, -0.15) is 0 Å². The molecule has 0 radical (unpaired) electrons. The van der Waals surface area contributed by atoms with Crippen LogP contribution in [0.25, 0.3) is 0 Å². The summed E-state index contributed by atoms with van der Waals surface area (Å²) in [6, 6.07) is 6.33. The van der Waals surface area contributed by atoms with Crippen molar-refractivity contribution >= 4 is 17.3 Å². The van der Waals surface area contributed by atoms with E-state index >= 15 is 0 Å². The molecule has 2 rings (SSSR count). The zero-order valence-corrected chi connectivity index (χ0v) is 11.4. The maximum Gasteiger partial charge on any atom is 0.125 e. The molecule has 0 bridgehead atoms. The Morgan fingerprint density at radius 3 is 2.79 bits per heavy atom. The first-order valence-electron chi connectivity index (χ1n) is 6.30. The Bertz CT molecular complexity index is 402. The fourth-order valence-electron chi connectivity index (χ4n) is 2.06. The molecule has 1 fully saturated rings. The molecule has 1 atom stereocenters. The van der Waals surface area contributed by atoms with Gasteiger partial charge in [-0.05, 0) is 18.2 Å². The molecule has 1 saturated heterocycles. The zero-order chi connectivity index (χ0) is 13.7. The molecule has 6 heteroatoms. The SMILES string of the molecule is O[C@@H](CCl)CN(c1cccc(F)c1)N1CCOCC1. The molecule has 4 nitrogen and oxygen atoms in total. The Morgan fingerprint density at radius 2 is 2.16 bits per heavy atom. The maximum absolute atomic E-state index is 13.4. The van der Waals surface area contributed by atoms with Gasteiger partial charge in [0.2, 0.25) is 0 Å². The van der Waals surface area contributed by atoms with E-state index in [0.29, 0.717) is 38.5 Å². The van der Waals surface area contributed by atoms with E-state index < -0.39 is 6.10 Å². The van der Waals surface area contributed by atoms with Crippen LogP contribution in [0.4, 0.5) is 10.1 Å². The second-order valence-corrected chi connectivity index (χ2v) is 4.74. The number of benzene rings is 1. The van der Waals surface area contributed by atoms with Crippen molar-refractivity contribution in [3.63, 3.8) is 0 Å². The van der Waals surface area contributed by atoms with Crippen molar-refractivity contribution in [2.75, 3.05) is 43.7 Å². The van der Waals surface area contributed by atoms with Crippen LogP contribution in [0, 0.1) is 5.82 Å². The van der Waals surface area contributed by atoms with Gasteiger partial charge in [0.1, 0.15) is 5.82 Å². The third-order valence-corrected chi connectivity index (χ3v) is 3.35. The van der Waals surface area contributed by atoms with Gasteiger partial charge in [0.15, 0.2) is 0 Å². The highest BCUT2D eigenvalue weighted by atomic mass is 35.5. The Morgan fingerprint density at radius 1 is 1.42 bits per heavy atom. The standard InChI is InChI=1S/C13H18ClFN2O2/c14-9-13(18)10-17(16-4-6-19-7-5-16)12-3-1-2-11(15)8-12/h1-3,8,13,18H,4-7,9-10H2/t13-/m0/s1. The Balaban J connectivity index is 2.17. The van der Waals surface area contributed by atoms with E-state index in [1.54, 1.807) is 6.07 Å². The number of hydrogen-bond acceptors (Lipinski definition) is 4. The number of morpholine rings is 1.